The van der Waals surface area contributed by atoms with Crippen molar-refractivity contribution >= 4 is 27.5 Å². The molecule has 0 aliphatic heterocycles. The molecule has 0 aliphatic carbocycles. The summed E-state index contributed by atoms with van der Waals surface area (Å²) in [5, 5.41) is 1.06. The van der Waals surface area contributed by atoms with Gasteiger partial charge in [0, 0.05) is 25.2 Å². The molecule has 0 saturated heterocycles. The number of pyridine rings is 1. The summed E-state index contributed by atoms with van der Waals surface area (Å²) in [7, 11) is 3.53. The zero-order valence-electron chi connectivity index (χ0n) is 10.4. The van der Waals surface area contributed by atoms with Gasteiger partial charge in [-0.2, -0.15) is 0 Å². The van der Waals surface area contributed by atoms with Gasteiger partial charge in [-0.05, 0) is 18.6 Å². The number of carbonyl (C=O) groups is 1. The van der Waals surface area contributed by atoms with Crippen molar-refractivity contribution in [3.8, 4) is 0 Å². The fourth-order valence-electron chi connectivity index (χ4n) is 1.68. The predicted molar refractivity (Wildman–Crippen MR) is 71.6 cm³/mol. The molecule has 2 heterocycles. The third-order valence-electron chi connectivity index (χ3n) is 2.56. The number of hydrogen-bond donors (Lipinski definition) is 0. The highest BCUT2D eigenvalue weighted by atomic mass is 32.1. The van der Waals surface area contributed by atoms with E-state index in [2.05, 4.69) is 18.0 Å². The average molecular weight is 248 g/mol. The van der Waals surface area contributed by atoms with Crippen LogP contribution in [0.3, 0.4) is 0 Å². The topological polar surface area (TPSA) is 33.2 Å². The quantitative estimate of drug-likeness (QED) is 0.836. The van der Waals surface area contributed by atoms with Gasteiger partial charge in [0.05, 0.1) is 4.88 Å². The largest absolute Gasteiger partial charge is 0.344 e. The maximum absolute atomic E-state index is 11.8. The van der Waals surface area contributed by atoms with E-state index in [1.54, 1.807) is 19.0 Å². The molecule has 3 nitrogen and oxygen atoms in total. The summed E-state index contributed by atoms with van der Waals surface area (Å²) in [5.41, 5.74) is 1.10. The molecular weight excluding hydrogens is 232 g/mol. The van der Waals surface area contributed by atoms with Crippen molar-refractivity contribution in [2.75, 3.05) is 14.1 Å². The summed E-state index contributed by atoms with van der Waals surface area (Å²) in [5.74, 6) is 0.0463. The maximum Gasteiger partial charge on any atom is 0.263 e. The summed E-state index contributed by atoms with van der Waals surface area (Å²) in [4.78, 5) is 19.7. The summed E-state index contributed by atoms with van der Waals surface area (Å²) in [6.45, 7) is 2.14. The predicted octanol–water partition coefficient (Wildman–Crippen LogP) is 2.95. The van der Waals surface area contributed by atoms with Crippen LogP contribution in [-0.2, 0) is 6.42 Å². The monoisotopic (exact) mass is 248 g/mol. The minimum Gasteiger partial charge on any atom is -0.344 e. The summed E-state index contributed by atoms with van der Waals surface area (Å²) < 4.78 is 0. The van der Waals surface area contributed by atoms with Crippen LogP contribution in [0.25, 0.3) is 10.2 Å². The maximum atomic E-state index is 11.8. The molecule has 0 atom stereocenters. The molecule has 0 aliphatic rings. The molecule has 1 amide bonds. The molecular formula is C13H16N2OS. The van der Waals surface area contributed by atoms with Crippen molar-refractivity contribution in [1.82, 2.24) is 9.88 Å². The summed E-state index contributed by atoms with van der Waals surface area (Å²) in [6.07, 6.45) is 2.08. The Balaban J connectivity index is 2.40. The Morgan fingerprint density at radius 2 is 2.18 bits per heavy atom. The van der Waals surface area contributed by atoms with Crippen molar-refractivity contribution in [3.63, 3.8) is 0 Å². The highest BCUT2D eigenvalue weighted by Gasteiger charge is 2.12. The van der Waals surface area contributed by atoms with E-state index < -0.39 is 0 Å². The van der Waals surface area contributed by atoms with Crippen LogP contribution >= 0.6 is 11.3 Å². The average Bonchev–Trinajstić information content (AvgIpc) is 2.71. The lowest BCUT2D eigenvalue weighted by atomic mass is 10.2. The molecule has 0 bridgehead atoms. The van der Waals surface area contributed by atoms with Gasteiger partial charge in [0.25, 0.3) is 5.91 Å². The van der Waals surface area contributed by atoms with E-state index in [4.69, 9.17) is 0 Å². The van der Waals surface area contributed by atoms with Gasteiger partial charge in [0.15, 0.2) is 0 Å². The molecule has 0 fully saturated rings. The first-order chi connectivity index (χ1) is 8.11. The van der Waals surface area contributed by atoms with Crippen molar-refractivity contribution in [2.24, 2.45) is 0 Å². The number of aryl methyl sites for hydroxylation is 1. The Morgan fingerprint density at radius 1 is 1.41 bits per heavy atom. The van der Waals surface area contributed by atoms with E-state index in [-0.39, 0.29) is 5.91 Å². The second-order valence-corrected chi connectivity index (χ2v) is 5.29. The second-order valence-electron chi connectivity index (χ2n) is 4.26. The third kappa shape index (κ3) is 2.47. The highest BCUT2D eigenvalue weighted by molar-refractivity contribution is 7.20. The third-order valence-corrected chi connectivity index (χ3v) is 3.60. The minimum absolute atomic E-state index is 0.0463. The number of amides is 1. The van der Waals surface area contributed by atoms with Gasteiger partial charge in [0.1, 0.15) is 4.83 Å². The number of thiophene rings is 1. The standard InChI is InChI=1S/C13H16N2OS/c1-4-5-10-7-6-9-8-11(13(16)15(2)3)17-12(9)14-10/h6-8H,4-5H2,1-3H3. The van der Waals surface area contributed by atoms with Crippen LogP contribution in [0.15, 0.2) is 18.2 Å². The molecule has 0 radical (unpaired) electrons. The number of aromatic nitrogens is 1. The van der Waals surface area contributed by atoms with E-state index in [1.807, 2.05) is 12.1 Å². The van der Waals surface area contributed by atoms with Crippen LogP contribution in [0.4, 0.5) is 0 Å². The smallest absolute Gasteiger partial charge is 0.263 e. The van der Waals surface area contributed by atoms with Crippen LogP contribution in [0.5, 0.6) is 0 Å². The first kappa shape index (κ1) is 12.0. The van der Waals surface area contributed by atoms with Crippen LogP contribution in [0.2, 0.25) is 0 Å². The van der Waals surface area contributed by atoms with Gasteiger partial charge in [-0.15, -0.1) is 11.3 Å². The van der Waals surface area contributed by atoms with Crippen LogP contribution in [0, 0.1) is 0 Å². The molecule has 17 heavy (non-hydrogen) atoms. The van der Waals surface area contributed by atoms with Crippen molar-refractivity contribution in [3.05, 3.63) is 28.8 Å². The Labute approximate surface area is 105 Å². The molecule has 4 heteroatoms. The van der Waals surface area contributed by atoms with E-state index in [9.17, 15) is 4.79 Å². The lowest BCUT2D eigenvalue weighted by Gasteiger charge is -2.06. The summed E-state index contributed by atoms with van der Waals surface area (Å²) in [6, 6.07) is 6.02. The molecule has 0 saturated carbocycles. The van der Waals surface area contributed by atoms with Crippen LogP contribution < -0.4 is 0 Å². The van der Waals surface area contributed by atoms with Gasteiger partial charge in [0.2, 0.25) is 0 Å². The van der Waals surface area contributed by atoms with Gasteiger partial charge in [-0.1, -0.05) is 19.4 Å². The molecule has 0 unspecified atom stereocenters. The number of hydrogen-bond acceptors (Lipinski definition) is 3. The minimum atomic E-state index is 0.0463. The number of carbonyl (C=O) groups excluding carboxylic acids is 1. The van der Waals surface area contributed by atoms with E-state index in [0.717, 1.165) is 33.6 Å². The van der Waals surface area contributed by atoms with Crippen LogP contribution in [-0.4, -0.2) is 29.9 Å². The normalized spacial score (nSPS) is 10.8. The van der Waals surface area contributed by atoms with Crippen LogP contribution in [0.1, 0.15) is 28.7 Å². The number of nitrogens with zero attached hydrogens (tertiary/aromatic N) is 2. The Morgan fingerprint density at radius 3 is 2.82 bits per heavy atom. The lowest BCUT2D eigenvalue weighted by molar-refractivity contribution is 0.0832. The first-order valence-electron chi connectivity index (χ1n) is 5.73. The SMILES string of the molecule is CCCc1ccc2cc(C(=O)N(C)C)sc2n1. The molecule has 2 aromatic heterocycles. The zero-order valence-corrected chi connectivity index (χ0v) is 11.2. The zero-order chi connectivity index (χ0) is 12.4. The van der Waals surface area contributed by atoms with E-state index >= 15 is 0 Å². The van der Waals surface area contributed by atoms with Gasteiger partial charge >= 0.3 is 0 Å². The number of rotatable bonds is 3. The van der Waals surface area contributed by atoms with E-state index in [1.165, 1.54) is 11.3 Å². The van der Waals surface area contributed by atoms with Gasteiger partial charge < -0.3 is 4.90 Å². The Bertz CT molecular complexity index is 545. The molecule has 0 aromatic carbocycles. The lowest BCUT2D eigenvalue weighted by Crippen LogP contribution is -2.20. The Hall–Kier alpha value is -1.42. The fraction of sp³-hybridized carbons (Fsp3) is 0.385. The Kier molecular flexibility index (Phi) is 3.43. The van der Waals surface area contributed by atoms with E-state index in [0.29, 0.717) is 0 Å². The van der Waals surface area contributed by atoms with Crippen molar-refractivity contribution in [2.45, 2.75) is 19.8 Å². The van der Waals surface area contributed by atoms with Gasteiger partial charge in [-0.3, -0.25) is 4.79 Å². The van der Waals surface area contributed by atoms with Crippen molar-refractivity contribution < 1.29 is 4.79 Å². The fourth-order valence-corrected chi connectivity index (χ4v) is 2.75. The van der Waals surface area contributed by atoms with Gasteiger partial charge in [-0.25, -0.2) is 4.98 Å². The molecule has 2 rings (SSSR count). The first-order valence-corrected chi connectivity index (χ1v) is 6.54. The van der Waals surface area contributed by atoms with Crippen molar-refractivity contribution in [1.29, 1.82) is 0 Å². The summed E-state index contributed by atoms with van der Waals surface area (Å²) >= 11 is 1.47. The second kappa shape index (κ2) is 4.84. The molecule has 0 N–H and O–H groups in total. The number of fused-ring (bicyclic) bond motifs is 1. The molecule has 2 aromatic rings. The molecule has 90 valence electrons. The molecule has 0 spiro atoms. The highest BCUT2D eigenvalue weighted by Crippen LogP contribution is 2.25.